The summed E-state index contributed by atoms with van der Waals surface area (Å²) in [5, 5.41) is 3.73. The van der Waals surface area contributed by atoms with Gasteiger partial charge in [0.05, 0.1) is 0 Å². The smallest absolute Gasteiger partial charge is 0.220 e. The lowest BCUT2D eigenvalue weighted by atomic mass is 10.2. The van der Waals surface area contributed by atoms with Crippen LogP contribution in [0.5, 0.6) is 0 Å². The predicted molar refractivity (Wildman–Crippen MR) is 117 cm³/mol. The molecule has 0 saturated carbocycles. The summed E-state index contributed by atoms with van der Waals surface area (Å²) in [6, 6.07) is 11.9. The van der Waals surface area contributed by atoms with E-state index in [1.165, 1.54) is 4.90 Å². The number of nitrogens with one attached hydrogen (secondary N) is 1. The SMILES string of the molecule is CN1CCN(c2ccc(CNC(=O)CCCSc3ccc(Cl)cc3)cn2)CC1. The van der Waals surface area contributed by atoms with Crippen LogP contribution in [-0.4, -0.2) is 54.8 Å². The van der Waals surface area contributed by atoms with Gasteiger partial charge in [-0.05, 0) is 55.1 Å². The van der Waals surface area contributed by atoms with E-state index in [0.717, 1.165) is 54.8 Å². The van der Waals surface area contributed by atoms with Gasteiger partial charge in [-0.15, -0.1) is 11.8 Å². The number of pyridine rings is 1. The van der Waals surface area contributed by atoms with Gasteiger partial charge in [-0.3, -0.25) is 4.79 Å². The number of thioether (sulfide) groups is 1. The fourth-order valence-corrected chi connectivity index (χ4v) is 3.97. The van der Waals surface area contributed by atoms with Gasteiger partial charge in [-0.1, -0.05) is 17.7 Å². The molecule has 1 aromatic carbocycles. The van der Waals surface area contributed by atoms with Crippen molar-refractivity contribution in [3.8, 4) is 0 Å². The fourth-order valence-electron chi connectivity index (χ4n) is 2.99. The Bertz CT molecular complexity index is 746. The third kappa shape index (κ3) is 6.69. The summed E-state index contributed by atoms with van der Waals surface area (Å²) < 4.78 is 0. The summed E-state index contributed by atoms with van der Waals surface area (Å²) in [7, 11) is 2.15. The normalized spacial score (nSPS) is 14.9. The summed E-state index contributed by atoms with van der Waals surface area (Å²) in [5.74, 6) is 2.01. The standard InChI is InChI=1S/C21H27ClN4OS/c1-25-10-12-26(13-11-25)20-9-4-17(15-23-20)16-24-21(27)3-2-14-28-19-7-5-18(22)6-8-19/h4-9,15H,2-3,10-14,16H2,1H3,(H,24,27). The molecule has 1 aromatic heterocycles. The van der Waals surface area contributed by atoms with Crippen molar-refractivity contribution >= 4 is 35.1 Å². The van der Waals surface area contributed by atoms with E-state index in [9.17, 15) is 4.79 Å². The summed E-state index contributed by atoms with van der Waals surface area (Å²) in [4.78, 5) is 22.4. The minimum Gasteiger partial charge on any atom is -0.354 e. The molecule has 1 aliphatic rings. The number of nitrogens with zero attached hydrogens (tertiary/aromatic N) is 3. The number of carbonyl (C=O) groups excluding carboxylic acids is 1. The van der Waals surface area contributed by atoms with E-state index in [0.29, 0.717) is 13.0 Å². The highest BCUT2D eigenvalue weighted by Crippen LogP contribution is 2.21. The zero-order chi connectivity index (χ0) is 19.8. The third-order valence-corrected chi connectivity index (χ3v) is 6.11. The lowest BCUT2D eigenvalue weighted by Gasteiger charge is -2.33. The van der Waals surface area contributed by atoms with Gasteiger partial charge in [0.25, 0.3) is 0 Å². The molecule has 2 aromatic rings. The van der Waals surface area contributed by atoms with Crippen LogP contribution in [0.3, 0.4) is 0 Å². The van der Waals surface area contributed by atoms with Crippen molar-refractivity contribution in [3.05, 3.63) is 53.2 Å². The summed E-state index contributed by atoms with van der Waals surface area (Å²) >= 11 is 7.63. The lowest BCUT2D eigenvalue weighted by molar-refractivity contribution is -0.121. The monoisotopic (exact) mass is 418 g/mol. The molecular formula is C21H27ClN4OS. The molecule has 7 heteroatoms. The zero-order valence-electron chi connectivity index (χ0n) is 16.2. The van der Waals surface area contributed by atoms with Crippen molar-refractivity contribution in [3.63, 3.8) is 0 Å². The Labute approximate surface area is 176 Å². The molecule has 0 unspecified atom stereocenters. The third-order valence-electron chi connectivity index (χ3n) is 4.76. The van der Waals surface area contributed by atoms with E-state index in [1.54, 1.807) is 11.8 Å². The number of hydrogen-bond donors (Lipinski definition) is 1. The Morgan fingerprint density at radius 2 is 1.89 bits per heavy atom. The number of benzene rings is 1. The van der Waals surface area contributed by atoms with Gasteiger partial charge in [0.15, 0.2) is 0 Å². The van der Waals surface area contributed by atoms with E-state index in [4.69, 9.17) is 11.6 Å². The van der Waals surface area contributed by atoms with E-state index < -0.39 is 0 Å². The van der Waals surface area contributed by atoms with Crippen molar-refractivity contribution in [2.75, 3.05) is 43.9 Å². The molecule has 0 spiro atoms. The molecule has 150 valence electrons. The minimum atomic E-state index is 0.0832. The molecule has 5 nitrogen and oxygen atoms in total. The zero-order valence-corrected chi connectivity index (χ0v) is 17.8. The van der Waals surface area contributed by atoms with Crippen LogP contribution in [0, 0.1) is 0 Å². The number of carbonyl (C=O) groups is 1. The number of halogens is 1. The highest BCUT2D eigenvalue weighted by Gasteiger charge is 2.14. The van der Waals surface area contributed by atoms with Crippen LogP contribution in [0.2, 0.25) is 5.02 Å². The number of piperazine rings is 1. The first-order valence-electron chi connectivity index (χ1n) is 9.63. The summed E-state index contributed by atoms with van der Waals surface area (Å²) in [6.45, 7) is 4.67. The molecule has 1 fully saturated rings. The maximum absolute atomic E-state index is 12.0. The molecular weight excluding hydrogens is 392 g/mol. The Morgan fingerprint density at radius 1 is 1.14 bits per heavy atom. The van der Waals surface area contributed by atoms with Gasteiger partial charge in [0.2, 0.25) is 5.91 Å². The number of aromatic nitrogens is 1. The highest BCUT2D eigenvalue weighted by molar-refractivity contribution is 7.99. The van der Waals surface area contributed by atoms with Gasteiger partial charge in [-0.25, -0.2) is 4.98 Å². The van der Waals surface area contributed by atoms with Gasteiger partial charge in [-0.2, -0.15) is 0 Å². The molecule has 0 aliphatic carbocycles. The topological polar surface area (TPSA) is 48.5 Å². The van der Waals surface area contributed by atoms with Crippen molar-refractivity contribution < 1.29 is 4.79 Å². The molecule has 28 heavy (non-hydrogen) atoms. The molecule has 0 bridgehead atoms. The van der Waals surface area contributed by atoms with E-state index >= 15 is 0 Å². The van der Waals surface area contributed by atoms with Gasteiger partial charge in [0.1, 0.15) is 5.82 Å². The van der Waals surface area contributed by atoms with Crippen LogP contribution in [0.4, 0.5) is 5.82 Å². The number of amides is 1. The van der Waals surface area contributed by atoms with Crippen molar-refractivity contribution in [1.29, 1.82) is 0 Å². The van der Waals surface area contributed by atoms with Crippen molar-refractivity contribution in [2.24, 2.45) is 0 Å². The molecule has 0 atom stereocenters. The summed E-state index contributed by atoms with van der Waals surface area (Å²) in [6.07, 6.45) is 3.25. The maximum Gasteiger partial charge on any atom is 0.220 e. The van der Waals surface area contributed by atoms with Crippen molar-refractivity contribution in [1.82, 2.24) is 15.2 Å². The first kappa shape index (κ1) is 21.0. The Morgan fingerprint density at radius 3 is 2.57 bits per heavy atom. The first-order valence-corrected chi connectivity index (χ1v) is 11.0. The molecule has 2 heterocycles. The van der Waals surface area contributed by atoms with E-state index in [-0.39, 0.29) is 5.91 Å². The first-order chi connectivity index (χ1) is 13.6. The van der Waals surface area contributed by atoms with E-state index in [2.05, 4.69) is 39.3 Å². The Kier molecular flexibility index (Phi) is 8.01. The molecule has 0 radical (unpaired) electrons. The number of likely N-dealkylation sites (N-methyl/N-ethyl adjacent to an activating group) is 1. The van der Waals surface area contributed by atoms with Crippen LogP contribution in [0.1, 0.15) is 18.4 Å². The fraction of sp³-hybridized carbons (Fsp3) is 0.429. The van der Waals surface area contributed by atoms with E-state index in [1.807, 2.05) is 30.5 Å². The van der Waals surface area contributed by atoms with Crippen LogP contribution in [0.15, 0.2) is 47.5 Å². The number of anilines is 1. The van der Waals surface area contributed by atoms with Crippen LogP contribution < -0.4 is 10.2 Å². The van der Waals surface area contributed by atoms with Gasteiger partial charge in [0, 0.05) is 55.3 Å². The van der Waals surface area contributed by atoms with Gasteiger partial charge >= 0.3 is 0 Å². The number of hydrogen-bond acceptors (Lipinski definition) is 5. The molecule has 1 saturated heterocycles. The average Bonchev–Trinajstić information content (AvgIpc) is 2.72. The lowest BCUT2D eigenvalue weighted by Crippen LogP contribution is -2.44. The Hall–Kier alpha value is -1.76. The maximum atomic E-state index is 12.0. The van der Waals surface area contributed by atoms with Crippen LogP contribution in [-0.2, 0) is 11.3 Å². The van der Waals surface area contributed by atoms with Crippen molar-refractivity contribution in [2.45, 2.75) is 24.3 Å². The van der Waals surface area contributed by atoms with Gasteiger partial charge < -0.3 is 15.1 Å². The molecule has 1 aliphatic heterocycles. The molecule has 3 rings (SSSR count). The second-order valence-electron chi connectivity index (χ2n) is 7.00. The van der Waals surface area contributed by atoms with Crippen LogP contribution >= 0.6 is 23.4 Å². The second kappa shape index (κ2) is 10.7. The predicted octanol–water partition coefficient (Wildman–Crippen LogP) is 3.68. The second-order valence-corrected chi connectivity index (χ2v) is 8.60. The minimum absolute atomic E-state index is 0.0832. The summed E-state index contributed by atoms with van der Waals surface area (Å²) in [5.41, 5.74) is 1.03. The Balaban J connectivity index is 1.33. The average molecular weight is 419 g/mol. The molecule has 1 N–H and O–H groups in total. The molecule has 1 amide bonds. The van der Waals surface area contributed by atoms with Crippen LogP contribution in [0.25, 0.3) is 0 Å². The largest absolute Gasteiger partial charge is 0.354 e. The number of rotatable bonds is 8. The quantitative estimate of drug-likeness (QED) is 0.523. The highest BCUT2D eigenvalue weighted by atomic mass is 35.5.